The molecule has 1 spiro atoms. The number of carbonyl (C=O) groups excluding carboxylic acids is 3. The summed E-state index contributed by atoms with van der Waals surface area (Å²) < 4.78 is 0. The molecule has 3 aliphatic heterocycles. The zero-order chi connectivity index (χ0) is 25.5. The minimum atomic E-state index is -1.31. The molecule has 184 valence electrons. The molecule has 3 aliphatic rings. The van der Waals surface area contributed by atoms with Crippen LogP contribution in [0.5, 0.6) is 0 Å². The van der Waals surface area contributed by atoms with Crippen molar-refractivity contribution in [1.29, 1.82) is 0 Å². The summed E-state index contributed by atoms with van der Waals surface area (Å²) in [5, 5.41) is 7.61. The molecule has 0 aliphatic carbocycles. The Bertz CT molecular complexity index is 1620. The third-order valence-electron chi connectivity index (χ3n) is 8.28. The summed E-state index contributed by atoms with van der Waals surface area (Å²) >= 11 is 0. The van der Waals surface area contributed by atoms with Gasteiger partial charge in [-0.15, -0.1) is 0 Å². The van der Waals surface area contributed by atoms with Gasteiger partial charge in [0, 0.05) is 34.4 Å². The summed E-state index contributed by atoms with van der Waals surface area (Å²) in [7, 11) is 0. The molecule has 4 heterocycles. The van der Waals surface area contributed by atoms with E-state index in [-0.39, 0.29) is 17.7 Å². The van der Waals surface area contributed by atoms with Crippen LogP contribution in [0.25, 0.3) is 10.9 Å². The largest absolute Gasteiger partial charge is 0.361 e. The zero-order valence-corrected chi connectivity index (χ0v) is 20.5. The summed E-state index contributed by atoms with van der Waals surface area (Å²) in [6.07, 6.45) is 2.46. The number of H-pyrrole nitrogens is 1. The molecule has 3 N–H and O–H groups in total. The fraction of sp³-hybridized carbons (Fsp3) is 0.233. The van der Waals surface area contributed by atoms with Gasteiger partial charge in [-0.05, 0) is 50.1 Å². The lowest BCUT2D eigenvalue weighted by Gasteiger charge is -2.29. The van der Waals surface area contributed by atoms with Crippen LogP contribution in [0.3, 0.4) is 0 Å². The lowest BCUT2D eigenvalue weighted by Crippen LogP contribution is -2.53. The predicted octanol–water partition coefficient (Wildman–Crippen LogP) is 3.95. The first-order valence-electron chi connectivity index (χ1n) is 12.6. The van der Waals surface area contributed by atoms with E-state index in [1.54, 1.807) is 12.1 Å². The number of aryl methyl sites for hydroxylation is 2. The molecular formula is C30H26N4O3. The number of carbonyl (C=O) groups is 3. The highest BCUT2D eigenvalue weighted by atomic mass is 16.2. The monoisotopic (exact) mass is 490 g/mol. The second-order valence-electron chi connectivity index (χ2n) is 10.5. The summed E-state index contributed by atoms with van der Waals surface area (Å²) in [6.45, 7) is 3.93. The van der Waals surface area contributed by atoms with Crippen molar-refractivity contribution >= 4 is 40.0 Å². The fourth-order valence-corrected chi connectivity index (χ4v) is 6.58. The first-order chi connectivity index (χ1) is 17.9. The van der Waals surface area contributed by atoms with E-state index in [2.05, 4.69) is 15.6 Å². The molecule has 0 saturated carbocycles. The Morgan fingerprint density at radius 1 is 0.892 bits per heavy atom. The van der Waals surface area contributed by atoms with Crippen molar-refractivity contribution in [3.8, 4) is 0 Å². The highest BCUT2D eigenvalue weighted by Crippen LogP contribution is 2.54. The van der Waals surface area contributed by atoms with Gasteiger partial charge in [0.05, 0.1) is 17.5 Å². The molecular weight excluding hydrogens is 464 g/mol. The van der Waals surface area contributed by atoms with E-state index in [9.17, 15) is 14.4 Å². The minimum absolute atomic E-state index is 0.262. The number of amides is 3. The van der Waals surface area contributed by atoms with Gasteiger partial charge in [-0.25, -0.2) is 4.90 Å². The van der Waals surface area contributed by atoms with Crippen LogP contribution in [-0.4, -0.2) is 28.7 Å². The van der Waals surface area contributed by atoms with Gasteiger partial charge in [-0.2, -0.15) is 0 Å². The molecule has 3 amide bonds. The third kappa shape index (κ3) is 2.95. The van der Waals surface area contributed by atoms with E-state index in [1.807, 2.05) is 74.6 Å². The molecule has 1 aromatic heterocycles. The Labute approximate surface area is 213 Å². The normalized spacial score (nSPS) is 26.3. The fourth-order valence-electron chi connectivity index (χ4n) is 6.58. The zero-order valence-electron chi connectivity index (χ0n) is 20.5. The van der Waals surface area contributed by atoms with Gasteiger partial charge >= 0.3 is 0 Å². The molecule has 0 bridgehead atoms. The van der Waals surface area contributed by atoms with Crippen LogP contribution in [0.15, 0.2) is 72.9 Å². The maximum atomic E-state index is 14.1. The first kappa shape index (κ1) is 22.0. The summed E-state index contributed by atoms with van der Waals surface area (Å²) in [4.78, 5) is 46.5. The second-order valence-corrected chi connectivity index (χ2v) is 10.5. The van der Waals surface area contributed by atoms with Crippen molar-refractivity contribution in [2.75, 3.05) is 10.2 Å². The van der Waals surface area contributed by atoms with Gasteiger partial charge < -0.3 is 10.3 Å². The average Bonchev–Trinajstić information content (AvgIpc) is 3.59. The SMILES string of the molecule is Cc1ccc(N2C(=O)[C@H]3[C@@H](C2=O)[C@@]2(N[C@@H]3Cc3c[nH]c4ccccc34)C(=O)Nc3ccc(C)cc32)cc1. The molecule has 2 fully saturated rings. The van der Waals surface area contributed by atoms with Crippen molar-refractivity contribution in [1.82, 2.24) is 10.3 Å². The Morgan fingerprint density at radius 2 is 1.65 bits per heavy atom. The summed E-state index contributed by atoms with van der Waals surface area (Å²) in [5.74, 6) is -2.41. The van der Waals surface area contributed by atoms with E-state index >= 15 is 0 Å². The lowest BCUT2D eigenvalue weighted by molar-refractivity contribution is -0.130. The molecule has 7 heteroatoms. The number of nitrogens with zero attached hydrogens (tertiary/aromatic N) is 1. The Morgan fingerprint density at radius 3 is 2.46 bits per heavy atom. The number of anilines is 2. The van der Waals surface area contributed by atoms with Gasteiger partial charge in [0.15, 0.2) is 0 Å². The molecule has 4 atom stereocenters. The van der Waals surface area contributed by atoms with Crippen LogP contribution in [0.4, 0.5) is 11.4 Å². The number of hydrogen-bond donors (Lipinski definition) is 3. The van der Waals surface area contributed by atoms with E-state index < -0.39 is 23.4 Å². The molecule has 7 nitrogen and oxygen atoms in total. The molecule has 0 radical (unpaired) electrons. The quantitative estimate of drug-likeness (QED) is 0.379. The van der Waals surface area contributed by atoms with Crippen LogP contribution in [0.2, 0.25) is 0 Å². The number of hydrogen-bond acceptors (Lipinski definition) is 4. The topological polar surface area (TPSA) is 94.3 Å². The number of aromatic nitrogens is 1. The van der Waals surface area contributed by atoms with E-state index in [0.29, 0.717) is 17.8 Å². The van der Waals surface area contributed by atoms with Gasteiger partial charge in [-0.1, -0.05) is 53.6 Å². The second kappa shape index (κ2) is 7.63. The van der Waals surface area contributed by atoms with Crippen molar-refractivity contribution in [2.45, 2.75) is 31.8 Å². The maximum Gasteiger partial charge on any atom is 0.250 e. The van der Waals surface area contributed by atoms with Crippen LogP contribution < -0.4 is 15.5 Å². The third-order valence-corrected chi connectivity index (χ3v) is 8.28. The van der Waals surface area contributed by atoms with Gasteiger partial charge in [0.1, 0.15) is 5.54 Å². The number of rotatable bonds is 3. The van der Waals surface area contributed by atoms with Crippen LogP contribution in [0, 0.1) is 25.7 Å². The number of nitrogens with one attached hydrogen (secondary N) is 3. The molecule has 7 rings (SSSR count). The Kier molecular flexibility index (Phi) is 4.54. The van der Waals surface area contributed by atoms with Crippen molar-refractivity contribution < 1.29 is 14.4 Å². The highest BCUT2D eigenvalue weighted by molar-refractivity contribution is 6.25. The lowest BCUT2D eigenvalue weighted by atomic mass is 9.76. The smallest absolute Gasteiger partial charge is 0.250 e. The van der Waals surface area contributed by atoms with E-state index in [1.165, 1.54) is 4.90 Å². The molecule has 2 saturated heterocycles. The van der Waals surface area contributed by atoms with E-state index in [0.717, 1.165) is 33.2 Å². The van der Waals surface area contributed by atoms with Crippen molar-refractivity contribution in [3.63, 3.8) is 0 Å². The van der Waals surface area contributed by atoms with Gasteiger partial charge in [0.2, 0.25) is 17.7 Å². The molecule has 3 aromatic carbocycles. The Balaban J connectivity index is 1.38. The van der Waals surface area contributed by atoms with Crippen molar-refractivity contribution in [3.05, 3.63) is 95.2 Å². The maximum absolute atomic E-state index is 14.1. The van der Waals surface area contributed by atoms with Crippen LogP contribution in [-0.2, 0) is 26.3 Å². The summed E-state index contributed by atoms with van der Waals surface area (Å²) in [6, 6.07) is 20.8. The number of benzene rings is 3. The average molecular weight is 491 g/mol. The first-order valence-corrected chi connectivity index (χ1v) is 12.6. The van der Waals surface area contributed by atoms with Crippen LogP contribution >= 0.6 is 0 Å². The standard InChI is InChI=1S/C30H26N4O3/c1-16-7-10-19(11-8-16)34-27(35)25-24(14-18-15-31-22-6-4-3-5-20(18)22)33-30(26(25)28(34)36)21-13-17(2)9-12-23(21)32-29(30)37/h3-13,15,24-26,31,33H,14H2,1-2H3,(H,32,37)/t24-,25-,26+,30-/m1/s1. The minimum Gasteiger partial charge on any atom is -0.361 e. The number of aromatic amines is 1. The van der Waals surface area contributed by atoms with Crippen LogP contribution in [0.1, 0.15) is 22.3 Å². The number of para-hydroxylation sites is 1. The predicted molar refractivity (Wildman–Crippen MR) is 141 cm³/mol. The molecule has 4 aromatic rings. The number of imide groups is 1. The summed E-state index contributed by atoms with van der Waals surface area (Å²) in [5.41, 5.74) is 4.73. The van der Waals surface area contributed by atoms with Gasteiger partial charge in [0.25, 0.3) is 0 Å². The highest BCUT2D eigenvalue weighted by Gasteiger charge is 2.70. The Hall–Kier alpha value is -4.23. The molecule has 0 unspecified atom stereocenters. The molecule has 37 heavy (non-hydrogen) atoms. The van der Waals surface area contributed by atoms with Gasteiger partial charge in [-0.3, -0.25) is 19.7 Å². The van der Waals surface area contributed by atoms with Crippen molar-refractivity contribution in [2.24, 2.45) is 11.8 Å². The number of fused-ring (bicyclic) bond motifs is 5. The van der Waals surface area contributed by atoms with E-state index in [4.69, 9.17) is 0 Å².